The van der Waals surface area contributed by atoms with Gasteiger partial charge in [-0.25, -0.2) is 17.6 Å². The zero-order valence-electron chi connectivity index (χ0n) is 12.9. The minimum atomic E-state index is -4.22. The fourth-order valence-electron chi connectivity index (χ4n) is 2.27. The van der Waals surface area contributed by atoms with E-state index in [2.05, 4.69) is 0 Å². The zero-order valence-corrected chi connectivity index (χ0v) is 13.7. The number of carboxylic acids is 1. The van der Waals surface area contributed by atoms with Gasteiger partial charge in [0.1, 0.15) is 10.7 Å². The maximum atomic E-state index is 14.0. The van der Waals surface area contributed by atoms with E-state index in [0.29, 0.717) is 11.3 Å². The maximum Gasteiger partial charge on any atom is 0.335 e. The summed E-state index contributed by atoms with van der Waals surface area (Å²) < 4.78 is 40.2. The molecule has 2 aromatic rings. The highest BCUT2D eigenvalue weighted by molar-refractivity contribution is 7.92. The van der Waals surface area contributed by atoms with Crippen LogP contribution in [0.25, 0.3) is 0 Å². The molecule has 0 saturated carbocycles. The molecule has 7 heteroatoms. The number of benzene rings is 2. The number of hydrogen-bond acceptors (Lipinski definition) is 3. The molecule has 23 heavy (non-hydrogen) atoms. The van der Waals surface area contributed by atoms with Crippen molar-refractivity contribution in [3.63, 3.8) is 0 Å². The number of rotatable bonds is 4. The second kappa shape index (κ2) is 6.00. The van der Waals surface area contributed by atoms with Gasteiger partial charge in [0.2, 0.25) is 0 Å². The van der Waals surface area contributed by atoms with Gasteiger partial charge in [-0.15, -0.1) is 0 Å². The minimum absolute atomic E-state index is 0.293. The number of sulfonamides is 1. The van der Waals surface area contributed by atoms with Gasteiger partial charge in [0.15, 0.2) is 0 Å². The molecule has 2 aromatic carbocycles. The number of aromatic carboxylic acids is 1. The predicted octanol–water partition coefficient (Wildman–Crippen LogP) is 2.97. The second-order valence-corrected chi connectivity index (χ2v) is 7.15. The third-order valence-corrected chi connectivity index (χ3v) is 5.29. The van der Waals surface area contributed by atoms with Crippen molar-refractivity contribution in [1.82, 2.24) is 0 Å². The maximum absolute atomic E-state index is 14.0. The molecule has 122 valence electrons. The van der Waals surface area contributed by atoms with Crippen molar-refractivity contribution >= 4 is 21.7 Å². The normalized spacial score (nSPS) is 11.3. The monoisotopic (exact) mass is 337 g/mol. The first-order chi connectivity index (χ1) is 10.6. The van der Waals surface area contributed by atoms with Crippen molar-refractivity contribution in [2.75, 3.05) is 11.4 Å². The summed E-state index contributed by atoms with van der Waals surface area (Å²) in [7, 11) is -2.91. The quantitative estimate of drug-likeness (QED) is 0.931. The number of carboxylic acid groups (broad SMARTS) is 1. The SMILES string of the molecule is Cc1ccc(N(C)S(=O)(=O)c2cc(C(=O)O)ccc2F)c(C)c1. The van der Waals surface area contributed by atoms with Gasteiger partial charge in [0.25, 0.3) is 10.0 Å². The molecule has 1 N–H and O–H groups in total. The van der Waals surface area contributed by atoms with E-state index in [1.165, 1.54) is 7.05 Å². The highest BCUT2D eigenvalue weighted by Crippen LogP contribution is 2.27. The van der Waals surface area contributed by atoms with Crippen LogP contribution in [-0.2, 0) is 10.0 Å². The van der Waals surface area contributed by atoms with Crippen molar-refractivity contribution < 1.29 is 22.7 Å². The number of nitrogens with zero attached hydrogens (tertiary/aromatic N) is 1. The molecule has 0 amide bonds. The summed E-state index contributed by atoms with van der Waals surface area (Å²) in [5.74, 6) is -2.32. The molecule has 0 spiro atoms. The predicted molar refractivity (Wildman–Crippen MR) is 84.9 cm³/mol. The summed E-state index contributed by atoms with van der Waals surface area (Å²) in [4.78, 5) is 10.3. The number of anilines is 1. The van der Waals surface area contributed by atoms with E-state index >= 15 is 0 Å². The number of hydrogen-bond donors (Lipinski definition) is 1. The molecule has 0 aliphatic rings. The van der Waals surface area contributed by atoms with Crippen molar-refractivity contribution in [2.24, 2.45) is 0 Å². The Hall–Kier alpha value is -2.41. The molecular weight excluding hydrogens is 321 g/mol. The van der Waals surface area contributed by atoms with Gasteiger partial charge in [-0.05, 0) is 43.7 Å². The van der Waals surface area contributed by atoms with Crippen LogP contribution >= 0.6 is 0 Å². The van der Waals surface area contributed by atoms with Crippen molar-refractivity contribution in [3.8, 4) is 0 Å². The average Bonchev–Trinajstić information content (AvgIpc) is 2.46. The lowest BCUT2D eigenvalue weighted by molar-refractivity contribution is 0.0696. The van der Waals surface area contributed by atoms with Crippen LogP contribution in [0.3, 0.4) is 0 Å². The van der Waals surface area contributed by atoms with Gasteiger partial charge < -0.3 is 5.11 Å². The number of halogens is 1. The van der Waals surface area contributed by atoms with Crippen LogP contribution in [0.4, 0.5) is 10.1 Å². The first-order valence-electron chi connectivity index (χ1n) is 6.73. The molecule has 5 nitrogen and oxygen atoms in total. The molecule has 0 saturated heterocycles. The third-order valence-electron chi connectivity index (χ3n) is 3.51. The van der Waals surface area contributed by atoms with Gasteiger partial charge in [-0.3, -0.25) is 4.31 Å². The van der Waals surface area contributed by atoms with Crippen LogP contribution in [0, 0.1) is 19.7 Å². The molecule has 0 bridgehead atoms. The Balaban J connectivity index is 2.57. The molecule has 0 radical (unpaired) electrons. The summed E-state index contributed by atoms with van der Waals surface area (Å²) in [6, 6.07) is 7.87. The van der Waals surface area contributed by atoms with Crippen LogP contribution in [0.15, 0.2) is 41.3 Å². The lowest BCUT2D eigenvalue weighted by Gasteiger charge is -2.22. The van der Waals surface area contributed by atoms with E-state index in [1.54, 1.807) is 19.1 Å². The Morgan fingerprint density at radius 3 is 2.35 bits per heavy atom. The van der Waals surface area contributed by atoms with E-state index in [-0.39, 0.29) is 5.56 Å². The van der Waals surface area contributed by atoms with Crippen LogP contribution in [0.2, 0.25) is 0 Å². The lowest BCUT2D eigenvalue weighted by Crippen LogP contribution is -2.28. The van der Waals surface area contributed by atoms with Crippen molar-refractivity contribution in [2.45, 2.75) is 18.7 Å². The average molecular weight is 337 g/mol. The molecule has 0 aromatic heterocycles. The summed E-state index contributed by atoms with van der Waals surface area (Å²) >= 11 is 0. The fraction of sp³-hybridized carbons (Fsp3) is 0.188. The van der Waals surface area contributed by atoms with E-state index in [4.69, 9.17) is 5.11 Å². The molecule has 0 unspecified atom stereocenters. The van der Waals surface area contributed by atoms with Gasteiger partial charge in [0, 0.05) is 7.05 Å². The Morgan fingerprint density at radius 1 is 1.13 bits per heavy atom. The van der Waals surface area contributed by atoms with Crippen molar-refractivity contribution in [3.05, 3.63) is 58.9 Å². The minimum Gasteiger partial charge on any atom is -0.478 e. The van der Waals surface area contributed by atoms with Gasteiger partial charge in [-0.2, -0.15) is 0 Å². The van der Waals surface area contributed by atoms with Gasteiger partial charge in [0.05, 0.1) is 11.3 Å². The van der Waals surface area contributed by atoms with E-state index in [0.717, 1.165) is 28.1 Å². The van der Waals surface area contributed by atoms with Gasteiger partial charge >= 0.3 is 5.97 Å². The Labute approximate surface area is 134 Å². The van der Waals surface area contributed by atoms with Crippen LogP contribution in [0.1, 0.15) is 21.5 Å². The van der Waals surface area contributed by atoms with E-state index < -0.39 is 26.7 Å². The first kappa shape index (κ1) is 17.0. The number of aryl methyl sites for hydroxylation is 2. The summed E-state index contributed by atoms with van der Waals surface area (Å²) in [6.07, 6.45) is 0. The molecule has 2 rings (SSSR count). The number of carbonyl (C=O) groups is 1. The van der Waals surface area contributed by atoms with Crippen LogP contribution < -0.4 is 4.31 Å². The standard InChI is InChI=1S/C16H16FNO4S/c1-10-4-7-14(11(2)8-10)18(3)23(21,22)15-9-12(16(19)20)5-6-13(15)17/h4-9H,1-3H3,(H,19,20). The molecule has 0 aliphatic carbocycles. The first-order valence-corrected chi connectivity index (χ1v) is 8.17. The third kappa shape index (κ3) is 3.19. The Morgan fingerprint density at radius 2 is 1.78 bits per heavy atom. The van der Waals surface area contributed by atoms with E-state index in [9.17, 15) is 17.6 Å². The molecule has 0 heterocycles. The summed E-state index contributed by atoms with van der Waals surface area (Å²) in [6.45, 7) is 3.62. The van der Waals surface area contributed by atoms with Crippen LogP contribution in [0.5, 0.6) is 0 Å². The Bertz CT molecular complexity index is 878. The zero-order chi connectivity index (χ0) is 17.4. The molecule has 0 aliphatic heterocycles. The second-order valence-electron chi connectivity index (χ2n) is 5.21. The topological polar surface area (TPSA) is 74.7 Å². The highest BCUT2D eigenvalue weighted by Gasteiger charge is 2.27. The molecule has 0 fully saturated rings. The van der Waals surface area contributed by atoms with Crippen LogP contribution in [-0.4, -0.2) is 26.5 Å². The summed E-state index contributed by atoms with van der Waals surface area (Å²) in [5.41, 5.74) is 1.79. The fourth-order valence-corrected chi connectivity index (χ4v) is 3.62. The summed E-state index contributed by atoms with van der Waals surface area (Å²) in [5, 5.41) is 8.97. The van der Waals surface area contributed by atoms with Gasteiger partial charge in [-0.1, -0.05) is 17.7 Å². The van der Waals surface area contributed by atoms with E-state index in [1.807, 2.05) is 13.0 Å². The molecule has 0 atom stereocenters. The Kier molecular flexibility index (Phi) is 4.42. The highest BCUT2D eigenvalue weighted by atomic mass is 32.2. The van der Waals surface area contributed by atoms with Crippen molar-refractivity contribution in [1.29, 1.82) is 0 Å². The smallest absolute Gasteiger partial charge is 0.335 e. The molecular formula is C16H16FNO4S. The largest absolute Gasteiger partial charge is 0.478 e. The lowest BCUT2D eigenvalue weighted by atomic mass is 10.1.